The number of rotatable bonds is 11. The van der Waals surface area contributed by atoms with E-state index in [9.17, 15) is 8.42 Å². The van der Waals surface area contributed by atoms with E-state index in [1.807, 2.05) is 6.92 Å². The minimum atomic E-state index is -3.10. The summed E-state index contributed by atoms with van der Waals surface area (Å²) < 4.78 is 24.2. The summed E-state index contributed by atoms with van der Waals surface area (Å²) in [6.07, 6.45) is 6.68. The third kappa shape index (κ3) is 10.0. The van der Waals surface area contributed by atoms with E-state index in [0.29, 0.717) is 32.0 Å². The number of nitrogens with two attached hydrogens (primary N) is 1. The molecule has 7 heteroatoms. The fraction of sp³-hybridized carbons (Fsp3) is 0.923. The van der Waals surface area contributed by atoms with E-state index in [1.165, 1.54) is 29.8 Å². The first-order valence-corrected chi connectivity index (χ1v) is 9.25. The zero-order valence-corrected chi connectivity index (χ0v) is 13.9. The van der Waals surface area contributed by atoms with Gasteiger partial charge in [0.05, 0.1) is 6.26 Å². The van der Waals surface area contributed by atoms with Crippen LogP contribution in [0.25, 0.3) is 0 Å². The largest absolute Gasteiger partial charge is 0.370 e. The predicted molar refractivity (Wildman–Crippen MR) is 85.3 cm³/mol. The quantitative estimate of drug-likeness (QED) is 0.340. The molecule has 0 saturated carbocycles. The van der Waals surface area contributed by atoms with Gasteiger partial charge >= 0.3 is 0 Å². The van der Waals surface area contributed by atoms with E-state index in [0.717, 1.165) is 13.0 Å². The molecule has 0 aliphatic rings. The first-order valence-electron chi connectivity index (χ1n) is 7.40. The summed E-state index contributed by atoms with van der Waals surface area (Å²) in [7, 11) is -3.10. The van der Waals surface area contributed by atoms with Crippen LogP contribution in [-0.2, 0) is 10.0 Å². The minimum absolute atomic E-state index is 0.448. The zero-order valence-electron chi connectivity index (χ0n) is 13.1. The fourth-order valence-electron chi connectivity index (χ4n) is 1.83. The third-order valence-electron chi connectivity index (χ3n) is 3.01. The van der Waals surface area contributed by atoms with Gasteiger partial charge in [-0.15, -0.1) is 0 Å². The van der Waals surface area contributed by atoms with Crippen LogP contribution in [0.1, 0.15) is 46.0 Å². The van der Waals surface area contributed by atoms with Gasteiger partial charge in [0.15, 0.2) is 5.96 Å². The Bertz CT molecular complexity index is 369. The highest BCUT2D eigenvalue weighted by molar-refractivity contribution is 7.88. The molecule has 0 fully saturated rings. The zero-order chi connectivity index (χ0) is 15.4. The van der Waals surface area contributed by atoms with Crippen LogP contribution in [-0.4, -0.2) is 51.1 Å². The van der Waals surface area contributed by atoms with Crippen LogP contribution in [0.4, 0.5) is 0 Å². The van der Waals surface area contributed by atoms with Crippen molar-refractivity contribution in [2.24, 2.45) is 10.7 Å². The van der Waals surface area contributed by atoms with Gasteiger partial charge in [-0.1, -0.05) is 33.1 Å². The topological polar surface area (TPSA) is 87.8 Å². The molecule has 120 valence electrons. The second-order valence-corrected chi connectivity index (χ2v) is 6.85. The number of nitrogens with one attached hydrogen (secondary N) is 1. The Hall–Kier alpha value is -0.820. The number of unbranched alkanes of at least 4 members (excludes halogenated alkanes) is 3. The molecule has 0 aliphatic carbocycles. The first kappa shape index (κ1) is 19.2. The summed E-state index contributed by atoms with van der Waals surface area (Å²) in [4.78, 5) is 4.19. The SMILES string of the molecule is CCCCCCNC(N)=NCCCN(CC)S(C)(=O)=O. The molecule has 0 heterocycles. The summed E-state index contributed by atoms with van der Waals surface area (Å²) in [5.41, 5.74) is 5.73. The van der Waals surface area contributed by atoms with E-state index in [1.54, 1.807) is 0 Å². The summed E-state index contributed by atoms with van der Waals surface area (Å²) in [6, 6.07) is 0. The second-order valence-electron chi connectivity index (χ2n) is 4.86. The normalized spacial score (nSPS) is 12.9. The Morgan fingerprint density at radius 1 is 1.20 bits per heavy atom. The van der Waals surface area contributed by atoms with Crippen LogP contribution in [0.15, 0.2) is 4.99 Å². The summed E-state index contributed by atoms with van der Waals surface area (Å²) in [5, 5.41) is 3.07. The molecule has 0 spiro atoms. The van der Waals surface area contributed by atoms with Gasteiger partial charge in [-0.3, -0.25) is 4.99 Å². The van der Waals surface area contributed by atoms with Gasteiger partial charge in [-0.05, 0) is 12.8 Å². The number of nitrogens with zero attached hydrogens (tertiary/aromatic N) is 2. The number of hydrogen-bond donors (Lipinski definition) is 2. The highest BCUT2D eigenvalue weighted by atomic mass is 32.2. The van der Waals surface area contributed by atoms with Crippen LogP contribution >= 0.6 is 0 Å². The van der Waals surface area contributed by atoms with Gasteiger partial charge in [-0.2, -0.15) is 0 Å². The number of sulfonamides is 1. The van der Waals surface area contributed by atoms with E-state index in [2.05, 4.69) is 17.2 Å². The Kier molecular flexibility index (Phi) is 10.5. The van der Waals surface area contributed by atoms with Gasteiger partial charge in [0.1, 0.15) is 0 Å². The van der Waals surface area contributed by atoms with Crippen molar-refractivity contribution < 1.29 is 8.42 Å². The maximum absolute atomic E-state index is 11.4. The molecule has 3 N–H and O–H groups in total. The van der Waals surface area contributed by atoms with Crippen molar-refractivity contribution in [2.75, 3.05) is 32.4 Å². The smallest absolute Gasteiger partial charge is 0.211 e. The van der Waals surface area contributed by atoms with E-state index in [4.69, 9.17) is 5.73 Å². The molecule has 0 unspecified atom stereocenters. The van der Waals surface area contributed by atoms with E-state index < -0.39 is 10.0 Å². The lowest BCUT2D eigenvalue weighted by molar-refractivity contribution is 0.427. The highest BCUT2D eigenvalue weighted by Crippen LogP contribution is 1.99. The molecule has 0 aliphatic heterocycles. The number of hydrogen-bond acceptors (Lipinski definition) is 3. The van der Waals surface area contributed by atoms with Crippen molar-refractivity contribution in [1.82, 2.24) is 9.62 Å². The van der Waals surface area contributed by atoms with Crippen LogP contribution in [0, 0.1) is 0 Å². The van der Waals surface area contributed by atoms with Crippen LogP contribution in [0.2, 0.25) is 0 Å². The lowest BCUT2D eigenvalue weighted by atomic mass is 10.2. The van der Waals surface area contributed by atoms with Gasteiger partial charge in [0.2, 0.25) is 10.0 Å². The van der Waals surface area contributed by atoms with Crippen molar-refractivity contribution >= 4 is 16.0 Å². The molecule has 0 radical (unpaired) electrons. The molecule has 0 aromatic rings. The van der Waals surface area contributed by atoms with Gasteiger partial charge in [-0.25, -0.2) is 12.7 Å². The molecule has 0 bridgehead atoms. The van der Waals surface area contributed by atoms with Gasteiger partial charge < -0.3 is 11.1 Å². The van der Waals surface area contributed by atoms with Crippen LogP contribution in [0.5, 0.6) is 0 Å². The van der Waals surface area contributed by atoms with Crippen molar-refractivity contribution in [3.8, 4) is 0 Å². The third-order valence-corrected chi connectivity index (χ3v) is 4.38. The molecular weight excluding hydrogens is 276 g/mol. The molecule has 0 saturated heterocycles. The number of aliphatic imine (C=N–C) groups is 1. The van der Waals surface area contributed by atoms with Gasteiger partial charge in [0, 0.05) is 26.2 Å². The average molecular weight is 306 g/mol. The Morgan fingerprint density at radius 3 is 2.45 bits per heavy atom. The van der Waals surface area contributed by atoms with Crippen LogP contribution in [0.3, 0.4) is 0 Å². The first-order chi connectivity index (χ1) is 9.41. The van der Waals surface area contributed by atoms with Crippen molar-refractivity contribution in [1.29, 1.82) is 0 Å². The standard InChI is InChI=1S/C13H30N4O2S/c1-4-6-7-8-10-15-13(14)16-11-9-12-17(5-2)20(3,18)19/h4-12H2,1-3H3,(H3,14,15,16). The molecule has 20 heavy (non-hydrogen) atoms. The molecule has 0 aromatic carbocycles. The molecule has 0 rings (SSSR count). The predicted octanol–water partition coefficient (Wildman–Crippen LogP) is 1.14. The lowest BCUT2D eigenvalue weighted by Gasteiger charge is -2.16. The molecule has 0 atom stereocenters. The molecule has 0 aromatic heterocycles. The Balaban J connectivity index is 3.77. The molecular formula is C13H30N4O2S. The average Bonchev–Trinajstić information content (AvgIpc) is 2.37. The maximum atomic E-state index is 11.4. The van der Waals surface area contributed by atoms with E-state index in [-0.39, 0.29) is 0 Å². The fourth-order valence-corrected chi connectivity index (χ4v) is 2.76. The monoisotopic (exact) mass is 306 g/mol. The highest BCUT2D eigenvalue weighted by Gasteiger charge is 2.12. The molecule has 6 nitrogen and oxygen atoms in total. The summed E-state index contributed by atoms with van der Waals surface area (Å²) in [6.45, 7) is 6.38. The molecule has 0 amide bonds. The van der Waals surface area contributed by atoms with E-state index >= 15 is 0 Å². The Labute approximate surface area is 123 Å². The maximum Gasteiger partial charge on any atom is 0.211 e. The van der Waals surface area contributed by atoms with Crippen molar-refractivity contribution in [2.45, 2.75) is 46.0 Å². The summed E-state index contributed by atoms with van der Waals surface area (Å²) in [5.74, 6) is 0.448. The lowest BCUT2D eigenvalue weighted by Crippen LogP contribution is -2.33. The minimum Gasteiger partial charge on any atom is -0.370 e. The summed E-state index contributed by atoms with van der Waals surface area (Å²) >= 11 is 0. The van der Waals surface area contributed by atoms with Crippen molar-refractivity contribution in [3.05, 3.63) is 0 Å². The Morgan fingerprint density at radius 2 is 1.90 bits per heavy atom. The van der Waals surface area contributed by atoms with Crippen molar-refractivity contribution in [3.63, 3.8) is 0 Å². The van der Waals surface area contributed by atoms with Crippen LogP contribution < -0.4 is 11.1 Å². The second kappa shape index (κ2) is 10.9. The number of guanidine groups is 1. The van der Waals surface area contributed by atoms with Gasteiger partial charge in [0.25, 0.3) is 0 Å².